The Kier molecular flexibility index (Phi) is 5.15. The van der Waals surface area contributed by atoms with Gasteiger partial charge in [0.05, 0.1) is 5.60 Å². The third-order valence-corrected chi connectivity index (χ3v) is 6.31. The monoisotopic (exact) mass is 325 g/mol. The second-order valence-electron chi connectivity index (χ2n) is 6.30. The fourth-order valence-corrected chi connectivity index (χ4v) is 4.98. The third-order valence-electron chi connectivity index (χ3n) is 4.96. The average molecular weight is 326 g/mol. The first-order valence-electron chi connectivity index (χ1n) is 7.90. The Labute approximate surface area is 137 Å². The number of benzene rings is 1. The van der Waals surface area contributed by atoms with Crippen molar-refractivity contribution in [3.8, 4) is 0 Å². The molecule has 0 amide bonds. The van der Waals surface area contributed by atoms with Gasteiger partial charge >= 0.3 is 0 Å². The van der Waals surface area contributed by atoms with E-state index in [0.29, 0.717) is 6.04 Å². The second kappa shape index (κ2) is 6.91. The van der Waals surface area contributed by atoms with E-state index in [-0.39, 0.29) is 5.60 Å². The number of nitrogens with one attached hydrogen (secondary N) is 1. The molecule has 0 bridgehead atoms. The van der Waals surface area contributed by atoms with E-state index >= 15 is 0 Å². The fourth-order valence-electron chi connectivity index (χ4n) is 3.53. The molecule has 2 aliphatic rings. The van der Waals surface area contributed by atoms with Gasteiger partial charge in [-0.2, -0.15) is 0 Å². The van der Waals surface area contributed by atoms with E-state index in [1.165, 1.54) is 37.0 Å². The average Bonchev–Trinajstić information content (AvgIpc) is 2.47. The molecule has 21 heavy (non-hydrogen) atoms. The lowest BCUT2D eigenvalue weighted by molar-refractivity contribution is -0.146. The molecule has 2 atom stereocenters. The van der Waals surface area contributed by atoms with Gasteiger partial charge in [0.1, 0.15) is 0 Å². The number of hydrogen-bond acceptors (Lipinski definition) is 3. The highest BCUT2D eigenvalue weighted by molar-refractivity contribution is 7.99. The van der Waals surface area contributed by atoms with E-state index in [2.05, 4.69) is 24.5 Å². The fraction of sp³-hybridized carbons (Fsp3) is 0.647. The Hall–Kier alpha value is -0.220. The van der Waals surface area contributed by atoms with Crippen LogP contribution in [0.15, 0.2) is 29.2 Å². The zero-order chi connectivity index (χ0) is 14.7. The lowest BCUT2D eigenvalue weighted by atomic mass is 9.70. The van der Waals surface area contributed by atoms with Crippen LogP contribution in [0.25, 0.3) is 0 Å². The van der Waals surface area contributed by atoms with Crippen molar-refractivity contribution < 1.29 is 4.74 Å². The van der Waals surface area contributed by atoms with Gasteiger partial charge in [-0.05, 0) is 63.3 Å². The van der Waals surface area contributed by atoms with Crippen molar-refractivity contribution in [2.24, 2.45) is 5.92 Å². The maximum atomic E-state index is 6.06. The lowest BCUT2D eigenvalue weighted by Gasteiger charge is -2.48. The van der Waals surface area contributed by atoms with Crippen molar-refractivity contribution in [3.63, 3.8) is 0 Å². The van der Waals surface area contributed by atoms with Gasteiger partial charge in [-0.25, -0.2) is 0 Å². The molecule has 4 heteroatoms. The molecular weight excluding hydrogens is 302 g/mol. The molecule has 2 fully saturated rings. The molecule has 3 rings (SSSR count). The summed E-state index contributed by atoms with van der Waals surface area (Å²) >= 11 is 7.96. The van der Waals surface area contributed by atoms with Crippen molar-refractivity contribution in [2.45, 2.75) is 48.6 Å². The summed E-state index contributed by atoms with van der Waals surface area (Å²) in [4.78, 5) is 1.26. The van der Waals surface area contributed by atoms with Gasteiger partial charge in [0.2, 0.25) is 0 Å². The van der Waals surface area contributed by atoms with Crippen LogP contribution in [0.2, 0.25) is 5.02 Å². The summed E-state index contributed by atoms with van der Waals surface area (Å²) in [7, 11) is 2.09. The summed E-state index contributed by atoms with van der Waals surface area (Å²) in [6.07, 6.45) is 6.29. The number of halogens is 1. The normalized spacial score (nSPS) is 25.5. The molecular formula is C17H24ClNOS. The Morgan fingerprint density at radius 2 is 2.33 bits per heavy atom. The number of thioether (sulfide) groups is 1. The summed E-state index contributed by atoms with van der Waals surface area (Å²) in [5.74, 6) is 1.83. The molecule has 1 heterocycles. The zero-order valence-corrected chi connectivity index (χ0v) is 14.2. The molecule has 1 aliphatic carbocycles. The molecule has 1 saturated carbocycles. The molecule has 2 unspecified atom stereocenters. The van der Waals surface area contributed by atoms with Crippen LogP contribution in [-0.2, 0) is 4.74 Å². The van der Waals surface area contributed by atoms with E-state index in [4.69, 9.17) is 16.3 Å². The molecule has 1 saturated heterocycles. The number of hydrogen-bond donors (Lipinski definition) is 1. The summed E-state index contributed by atoms with van der Waals surface area (Å²) < 4.78 is 6.05. The summed E-state index contributed by atoms with van der Waals surface area (Å²) in [6, 6.07) is 8.70. The standard InChI is InChI=1S/C17H24ClNOS/c1-19-16(12-21-15-5-2-4-14(18)10-15)13-6-9-20-17(11-13)7-3-8-17/h2,4-5,10,13,16,19H,3,6-9,11-12H2,1H3. The molecule has 116 valence electrons. The predicted octanol–water partition coefficient (Wildman–Crippen LogP) is 4.37. The molecule has 1 N–H and O–H groups in total. The van der Waals surface area contributed by atoms with Gasteiger partial charge in [0.25, 0.3) is 0 Å². The van der Waals surface area contributed by atoms with Gasteiger partial charge in [0.15, 0.2) is 0 Å². The topological polar surface area (TPSA) is 21.3 Å². The van der Waals surface area contributed by atoms with Crippen LogP contribution in [0.4, 0.5) is 0 Å². The Morgan fingerprint density at radius 3 is 3.00 bits per heavy atom. The van der Waals surface area contributed by atoms with E-state index in [1.807, 2.05) is 23.9 Å². The van der Waals surface area contributed by atoms with Crippen LogP contribution < -0.4 is 5.32 Å². The quantitative estimate of drug-likeness (QED) is 0.812. The van der Waals surface area contributed by atoms with Gasteiger partial charge in [-0.15, -0.1) is 11.8 Å². The molecule has 1 aromatic rings. The summed E-state index contributed by atoms with van der Waals surface area (Å²) in [5.41, 5.74) is 0.235. The van der Waals surface area contributed by atoms with Crippen molar-refractivity contribution in [2.75, 3.05) is 19.4 Å². The van der Waals surface area contributed by atoms with Crippen LogP contribution in [0, 0.1) is 5.92 Å². The highest BCUT2D eigenvalue weighted by Gasteiger charge is 2.43. The number of ether oxygens (including phenoxy) is 1. The second-order valence-corrected chi connectivity index (χ2v) is 7.83. The molecule has 1 spiro atoms. The first kappa shape index (κ1) is 15.7. The van der Waals surface area contributed by atoms with Crippen LogP contribution in [-0.4, -0.2) is 31.1 Å². The first-order valence-corrected chi connectivity index (χ1v) is 9.27. The minimum absolute atomic E-state index is 0.235. The highest BCUT2D eigenvalue weighted by Crippen LogP contribution is 2.45. The van der Waals surface area contributed by atoms with Gasteiger partial charge < -0.3 is 10.1 Å². The Morgan fingerprint density at radius 1 is 1.48 bits per heavy atom. The Bertz CT molecular complexity index is 478. The van der Waals surface area contributed by atoms with Gasteiger partial charge in [-0.1, -0.05) is 17.7 Å². The van der Waals surface area contributed by atoms with Gasteiger partial charge in [-0.3, -0.25) is 0 Å². The van der Waals surface area contributed by atoms with Crippen LogP contribution in [0.3, 0.4) is 0 Å². The lowest BCUT2D eigenvalue weighted by Crippen LogP contribution is -2.50. The maximum Gasteiger partial charge on any atom is 0.0685 e. The van der Waals surface area contributed by atoms with Crippen molar-refractivity contribution >= 4 is 23.4 Å². The van der Waals surface area contributed by atoms with E-state index in [1.54, 1.807) is 0 Å². The largest absolute Gasteiger partial charge is 0.375 e. The molecule has 0 radical (unpaired) electrons. The maximum absolute atomic E-state index is 6.06. The Balaban J connectivity index is 1.57. The van der Waals surface area contributed by atoms with E-state index in [0.717, 1.165) is 23.3 Å². The van der Waals surface area contributed by atoms with Gasteiger partial charge in [0, 0.05) is 28.3 Å². The van der Waals surface area contributed by atoms with Crippen molar-refractivity contribution in [1.82, 2.24) is 5.32 Å². The van der Waals surface area contributed by atoms with E-state index in [9.17, 15) is 0 Å². The van der Waals surface area contributed by atoms with Crippen LogP contribution in [0.1, 0.15) is 32.1 Å². The number of rotatable bonds is 5. The molecule has 0 aromatic heterocycles. The first-order chi connectivity index (χ1) is 10.2. The minimum atomic E-state index is 0.235. The molecule has 1 aliphatic heterocycles. The minimum Gasteiger partial charge on any atom is -0.375 e. The van der Waals surface area contributed by atoms with E-state index < -0.39 is 0 Å². The summed E-state index contributed by atoms with van der Waals surface area (Å²) in [6.45, 7) is 0.935. The van der Waals surface area contributed by atoms with Crippen LogP contribution in [0.5, 0.6) is 0 Å². The van der Waals surface area contributed by atoms with Crippen LogP contribution >= 0.6 is 23.4 Å². The molecule has 2 nitrogen and oxygen atoms in total. The molecule has 1 aromatic carbocycles. The van der Waals surface area contributed by atoms with Crippen molar-refractivity contribution in [3.05, 3.63) is 29.3 Å². The SMILES string of the molecule is CNC(CSc1cccc(Cl)c1)C1CCOC2(CCC2)C1. The summed E-state index contributed by atoms with van der Waals surface area (Å²) in [5, 5.41) is 4.35. The smallest absolute Gasteiger partial charge is 0.0685 e. The highest BCUT2D eigenvalue weighted by atomic mass is 35.5. The predicted molar refractivity (Wildman–Crippen MR) is 90.3 cm³/mol. The van der Waals surface area contributed by atoms with Crippen molar-refractivity contribution in [1.29, 1.82) is 0 Å². The third kappa shape index (κ3) is 3.76. The zero-order valence-electron chi connectivity index (χ0n) is 12.6.